The maximum absolute atomic E-state index is 11.9. The van der Waals surface area contributed by atoms with Gasteiger partial charge in [0.15, 0.2) is 13.2 Å². The topological polar surface area (TPSA) is 93.7 Å². The van der Waals surface area contributed by atoms with Crippen molar-refractivity contribution in [2.75, 3.05) is 25.6 Å². The van der Waals surface area contributed by atoms with Crippen LogP contribution in [-0.4, -0.2) is 38.0 Å². The van der Waals surface area contributed by atoms with Crippen LogP contribution in [-0.2, 0) is 14.3 Å². The molecule has 148 valence electrons. The van der Waals surface area contributed by atoms with Crippen LogP contribution in [0.1, 0.15) is 35.7 Å². The minimum atomic E-state index is -0.641. The monoisotopic (exact) mass is 384 g/mol. The first kappa shape index (κ1) is 21.0. The molecule has 2 rings (SSSR count). The Balaban J connectivity index is 1.73. The van der Waals surface area contributed by atoms with Crippen LogP contribution >= 0.6 is 0 Å². The summed E-state index contributed by atoms with van der Waals surface area (Å²) in [5, 5.41) is 5.09. The quantitative estimate of drug-likeness (QED) is 0.683. The number of esters is 1. The van der Waals surface area contributed by atoms with E-state index in [1.54, 1.807) is 36.4 Å². The van der Waals surface area contributed by atoms with Gasteiger partial charge in [0.1, 0.15) is 5.75 Å². The molecule has 2 N–H and O–H groups in total. The number of carbonyl (C=O) groups is 3. The van der Waals surface area contributed by atoms with E-state index in [1.807, 2.05) is 12.1 Å². The lowest BCUT2D eigenvalue weighted by molar-refractivity contribution is -0.149. The van der Waals surface area contributed by atoms with Crippen molar-refractivity contribution in [2.45, 2.75) is 19.8 Å². The number of anilines is 1. The highest BCUT2D eigenvalue weighted by Gasteiger charge is 2.10. The molecule has 0 bridgehead atoms. The number of ether oxygens (including phenoxy) is 2. The largest absolute Gasteiger partial charge is 0.482 e. The van der Waals surface area contributed by atoms with Crippen molar-refractivity contribution in [1.82, 2.24) is 5.32 Å². The normalized spacial score (nSPS) is 10.3. The fourth-order valence-electron chi connectivity index (χ4n) is 2.33. The van der Waals surface area contributed by atoms with Crippen molar-refractivity contribution < 1.29 is 23.9 Å². The Morgan fingerprint density at radius 3 is 2.14 bits per heavy atom. The molecule has 2 amide bonds. The molecular formula is C21H24N2O5. The zero-order valence-electron chi connectivity index (χ0n) is 16.2. The Labute approximate surface area is 164 Å². The maximum atomic E-state index is 11.9. The van der Waals surface area contributed by atoms with Crippen molar-refractivity contribution in [3.05, 3.63) is 59.7 Å². The first-order valence-electron chi connectivity index (χ1n) is 8.89. The van der Waals surface area contributed by atoms with E-state index in [-0.39, 0.29) is 12.5 Å². The molecule has 0 heterocycles. The van der Waals surface area contributed by atoms with Crippen LogP contribution in [0.15, 0.2) is 48.5 Å². The zero-order chi connectivity index (χ0) is 20.5. The summed E-state index contributed by atoms with van der Waals surface area (Å²) in [5.74, 6) is -0.370. The summed E-state index contributed by atoms with van der Waals surface area (Å²) in [7, 11) is 1.54. The number of nitrogens with one attached hydrogen (secondary N) is 2. The highest BCUT2D eigenvalue weighted by molar-refractivity contribution is 5.96. The lowest BCUT2D eigenvalue weighted by Crippen LogP contribution is -2.23. The van der Waals surface area contributed by atoms with Crippen molar-refractivity contribution in [3.63, 3.8) is 0 Å². The van der Waals surface area contributed by atoms with Crippen LogP contribution < -0.4 is 15.4 Å². The summed E-state index contributed by atoms with van der Waals surface area (Å²) >= 11 is 0. The molecule has 28 heavy (non-hydrogen) atoms. The average Bonchev–Trinajstić information content (AvgIpc) is 2.71. The summed E-state index contributed by atoms with van der Waals surface area (Å²) in [6.45, 7) is 3.48. The van der Waals surface area contributed by atoms with Gasteiger partial charge >= 0.3 is 5.97 Å². The number of amides is 2. The molecular weight excluding hydrogens is 360 g/mol. The highest BCUT2D eigenvalue weighted by atomic mass is 16.6. The summed E-state index contributed by atoms with van der Waals surface area (Å²) in [5.41, 5.74) is 2.15. The van der Waals surface area contributed by atoms with Gasteiger partial charge < -0.3 is 20.1 Å². The van der Waals surface area contributed by atoms with E-state index >= 15 is 0 Å². The van der Waals surface area contributed by atoms with Crippen LogP contribution in [0.5, 0.6) is 5.75 Å². The van der Waals surface area contributed by atoms with Gasteiger partial charge in [0, 0.05) is 18.3 Å². The summed E-state index contributed by atoms with van der Waals surface area (Å²) in [4.78, 5) is 35.1. The van der Waals surface area contributed by atoms with E-state index in [9.17, 15) is 14.4 Å². The third-order valence-electron chi connectivity index (χ3n) is 3.93. The molecule has 0 aromatic heterocycles. The number of carbonyl (C=O) groups excluding carboxylic acids is 3. The Hall–Kier alpha value is -3.35. The predicted molar refractivity (Wildman–Crippen MR) is 105 cm³/mol. The average molecular weight is 384 g/mol. The molecule has 0 atom stereocenters. The second-order valence-corrected chi connectivity index (χ2v) is 6.38. The van der Waals surface area contributed by atoms with Crippen molar-refractivity contribution in [1.29, 1.82) is 0 Å². The van der Waals surface area contributed by atoms with Gasteiger partial charge in [0.05, 0.1) is 0 Å². The Morgan fingerprint density at radius 2 is 1.57 bits per heavy atom. The van der Waals surface area contributed by atoms with Gasteiger partial charge in [0.25, 0.3) is 11.8 Å². The van der Waals surface area contributed by atoms with E-state index in [1.165, 1.54) is 12.6 Å². The SMILES string of the molecule is CNC(=O)c1ccc(NC(=O)COC(=O)COc2ccc(C(C)C)cc2)cc1. The van der Waals surface area contributed by atoms with E-state index in [2.05, 4.69) is 24.5 Å². The Kier molecular flexibility index (Phi) is 7.56. The number of hydrogen-bond donors (Lipinski definition) is 2. The van der Waals surface area contributed by atoms with Crippen LogP contribution in [0.4, 0.5) is 5.69 Å². The molecule has 0 fully saturated rings. The fraction of sp³-hybridized carbons (Fsp3) is 0.286. The van der Waals surface area contributed by atoms with Crippen molar-refractivity contribution in [3.8, 4) is 5.75 Å². The predicted octanol–water partition coefficient (Wildman–Crippen LogP) is 2.73. The van der Waals surface area contributed by atoms with Crippen molar-refractivity contribution >= 4 is 23.5 Å². The second-order valence-electron chi connectivity index (χ2n) is 6.38. The zero-order valence-corrected chi connectivity index (χ0v) is 16.2. The van der Waals surface area contributed by atoms with Crippen LogP contribution in [0.2, 0.25) is 0 Å². The smallest absolute Gasteiger partial charge is 0.344 e. The molecule has 0 radical (unpaired) electrons. The molecule has 0 saturated carbocycles. The van der Waals surface area contributed by atoms with E-state index in [4.69, 9.17) is 9.47 Å². The highest BCUT2D eigenvalue weighted by Crippen LogP contribution is 2.18. The number of benzene rings is 2. The Bertz CT molecular complexity index is 814. The summed E-state index contributed by atoms with van der Waals surface area (Å²) in [6.07, 6.45) is 0. The lowest BCUT2D eigenvalue weighted by atomic mass is 10.0. The molecule has 0 spiro atoms. The molecule has 0 aliphatic rings. The van der Waals surface area contributed by atoms with E-state index in [0.29, 0.717) is 22.9 Å². The number of rotatable bonds is 8. The van der Waals surface area contributed by atoms with Gasteiger partial charge in [-0.05, 0) is 47.9 Å². The summed E-state index contributed by atoms with van der Waals surface area (Å²) < 4.78 is 10.3. The van der Waals surface area contributed by atoms with Gasteiger partial charge in [0.2, 0.25) is 0 Å². The van der Waals surface area contributed by atoms with E-state index < -0.39 is 18.5 Å². The third-order valence-corrected chi connectivity index (χ3v) is 3.93. The molecule has 0 aliphatic heterocycles. The molecule has 7 heteroatoms. The lowest BCUT2D eigenvalue weighted by Gasteiger charge is -2.09. The van der Waals surface area contributed by atoms with Gasteiger partial charge in [-0.15, -0.1) is 0 Å². The fourth-order valence-corrected chi connectivity index (χ4v) is 2.33. The third kappa shape index (κ3) is 6.42. The molecule has 2 aromatic rings. The van der Waals surface area contributed by atoms with Crippen LogP contribution in [0.3, 0.4) is 0 Å². The molecule has 2 aromatic carbocycles. The minimum absolute atomic E-state index is 0.217. The number of hydrogen-bond acceptors (Lipinski definition) is 5. The minimum Gasteiger partial charge on any atom is -0.482 e. The van der Waals surface area contributed by atoms with Gasteiger partial charge in [-0.2, -0.15) is 0 Å². The first-order chi connectivity index (χ1) is 13.4. The van der Waals surface area contributed by atoms with Crippen molar-refractivity contribution in [2.24, 2.45) is 0 Å². The second kappa shape index (κ2) is 10.1. The van der Waals surface area contributed by atoms with E-state index in [0.717, 1.165) is 0 Å². The van der Waals surface area contributed by atoms with Gasteiger partial charge in [-0.3, -0.25) is 9.59 Å². The molecule has 7 nitrogen and oxygen atoms in total. The Morgan fingerprint density at radius 1 is 0.929 bits per heavy atom. The van der Waals surface area contributed by atoms with Gasteiger partial charge in [-0.25, -0.2) is 4.79 Å². The maximum Gasteiger partial charge on any atom is 0.344 e. The molecule has 0 aliphatic carbocycles. The van der Waals surface area contributed by atoms with Crippen LogP contribution in [0.25, 0.3) is 0 Å². The molecule has 0 saturated heterocycles. The van der Waals surface area contributed by atoms with Crippen LogP contribution in [0, 0.1) is 0 Å². The van der Waals surface area contributed by atoms with Gasteiger partial charge in [-0.1, -0.05) is 26.0 Å². The first-order valence-corrected chi connectivity index (χ1v) is 8.89. The standard InChI is InChI=1S/C21H24N2O5/c1-14(2)15-6-10-18(11-7-15)27-13-20(25)28-12-19(24)23-17-8-4-16(5-9-17)21(26)22-3/h4-11,14H,12-13H2,1-3H3,(H,22,26)(H,23,24). The molecule has 0 unspecified atom stereocenters. The summed E-state index contributed by atoms with van der Waals surface area (Å²) in [6, 6.07) is 13.8.